The Kier molecular flexibility index (Phi) is 7.28. The number of hydrogen-bond donors (Lipinski definition) is 1. The maximum atomic E-state index is 12.1. The molecule has 1 N–H and O–H groups in total. The monoisotopic (exact) mass is 313 g/mol. The number of likely N-dealkylation sites (N-methyl/N-ethyl adjacent to an activating group) is 1. The van der Waals surface area contributed by atoms with Crippen molar-refractivity contribution in [1.29, 1.82) is 0 Å². The van der Waals surface area contributed by atoms with Gasteiger partial charge < -0.3 is 10.2 Å². The third-order valence-electron chi connectivity index (χ3n) is 3.55. The zero-order valence-electron chi connectivity index (χ0n) is 11.9. The van der Waals surface area contributed by atoms with Crippen LogP contribution in [0.2, 0.25) is 0 Å². The van der Waals surface area contributed by atoms with Crippen LogP contribution in [0.15, 0.2) is 0 Å². The highest BCUT2D eigenvalue weighted by Crippen LogP contribution is 2.10. The molecule has 0 radical (unpaired) electrons. The first-order valence-corrected chi connectivity index (χ1v) is 7.87. The van der Waals surface area contributed by atoms with Crippen molar-refractivity contribution in [2.75, 3.05) is 32.4 Å². The fourth-order valence-corrected chi connectivity index (χ4v) is 2.76. The van der Waals surface area contributed by atoms with E-state index in [4.69, 9.17) is 0 Å². The van der Waals surface area contributed by atoms with Crippen molar-refractivity contribution < 1.29 is 13.2 Å². The van der Waals surface area contributed by atoms with Crippen LogP contribution in [-0.4, -0.2) is 68.0 Å². The van der Waals surface area contributed by atoms with Crippen molar-refractivity contribution >= 4 is 28.3 Å². The number of amides is 1. The number of sulfonamides is 1. The lowest BCUT2D eigenvalue weighted by atomic mass is 10.1. The minimum Gasteiger partial charge on any atom is -0.336 e. The molecule has 8 heteroatoms. The summed E-state index contributed by atoms with van der Waals surface area (Å²) in [6.07, 6.45) is 0. The molecule has 0 aromatic rings. The van der Waals surface area contributed by atoms with Gasteiger partial charge in [0, 0.05) is 32.2 Å². The molecular weight excluding hydrogens is 290 g/mol. The molecular formula is C11H24ClN3O3S. The van der Waals surface area contributed by atoms with Crippen LogP contribution in [0.25, 0.3) is 0 Å². The van der Waals surface area contributed by atoms with Crippen LogP contribution >= 0.6 is 12.4 Å². The average Bonchev–Trinajstić information content (AvgIpc) is 2.32. The van der Waals surface area contributed by atoms with Crippen molar-refractivity contribution in [3.05, 3.63) is 0 Å². The number of carbonyl (C=O) groups is 1. The van der Waals surface area contributed by atoms with Crippen LogP contribution in [0.1, 0.15) is 20.8 Å². The quantitative estimate of drug-likeness (QED) is 0.787. The normalized spacial score (nSPS) is 24.2. The molecule has 1 fully saturated rings. The summed E-state index contributed by atoms with van der Waals surface area (Å²) >= 11 is 0. The predicted octanol–water partition coefficient (Wildman–Crippen LogP) is -0.101. The van der Waals surface area contributed by atoms with Gasteiger partial charge in [0.15, 0.2) is 0 Å². The third kappa shape index (κ3) is 4.59. The first kappa shape index (κ1) is 18.6. The van der Waals surface area contributed by atoms with Gasteiger partial charge in [0.05, 0.1) is 12.3 Å². The third-order valence-corrected chi connectivity index (χ3v) is 5.36. The molecule has 1 heterocycles. The molecule has 114 valence electrons. The Bertz CT molecular complexity index is 402. The molecule has 2 unspecified atom stereocenters. The van der Waals surface area contributed by atoms with E-state index in [-0.39, 0.29) is 42.7 Å². The van der Waals surface area contributed by atoms with Crippen LogP contribution < -0.4 is 5.32 Å². The van der Waals surface area contributed by atoms with E-state index in [1.54, 1.807) is 11.8 Å². The van der Waals surface area contributed by atoms with Crippen LogP contribution in [0.4, 0.5) is 0 Å². The van der Waals surface area contributed by atoms with Gasteiger partial charge in [0.1, 0.15) is 0 Å². The summed E-state index contributed by atoms with van der Waals surface area (Å²) in [6.45, 7) is 6.88. The van der Waals surface area contributed by atoms with E-state index in [1.807, 2.05) is 13.8 Å². The Labute approximate surface area is 122 Å². The molecule has 6 nitrogen and oxygen atoms in total. The summed E-state index contributed by atoms with van der Waals surface area (Å²) in [5.74, 6) is -0.111. The molecule has 0 spiro atoms. The summed E-state index contributed by atoms with van der Waals surface area (Å²) in [5.41, 5.74) is 0. The molecule has 0 aliphatic carbocycles. The van der Waals surface area contributed by atoms with Crippen molar-refractivity contribution in [1.82, 2.24) is 14.5 Å². The molecule has 19 heavy (non-hydrogen) atoms. The predicted molar refractivity (Wildman–Crippen MR) is 78.0 cm³/mol. The average molecular weight is 314 g/mol. The van der Waals surface area contributed by atoms with Crippen molar-refractivity contribution in [3.8, 4) is 0 Å². The molecule has 1 saturated heterocycles. The van der Waals surface area contributed by atoms with Crippen LogP contribution in [0, 0.1) is 0 Å². The summed E-state index contributed by atoms with van der Waals surface area (Å²) in [4.78, 5) is 13.9. The molecule has 1 rings (SSSR count). The first-order chi connectivity index (χ1) is 8.29. The van der Waals surface area contributed by atoms with Crippen LogP contribution in [0.5, 0.6) is 0 Å². The zero-order valence-corrected chi connectivity index (χ0v) is 13.6. The van der Waals surface area contributed by atoms with Crippen molar-refractivity contribution in [3.63, 3.8) is 0 Å². The highest BCUT2D eigenvalue weighted by Gasteiger charge is 2.29. The van der Waals surface area contributed by atoms with E-state index in [2.05, 4.69) is 5.32 Å². The van der Waals surface area contributed by atoms with E-state index >= 15 is 0 Å². The number of rotatable bonds is 4. The smallest absolute Gasteiger partial charge is 0.238 e. The Morgan fingerprint density at radius 3 is 2.53 bits per heavy atom. The second-order valence-corrected chi connectivity index (χ2v) is 7.09. The molecule has 0 saturated carbocycles. The molecule has 1 amide bonds. The Hall–Kier alpha value is -0.370. The van der Waals surface area contributed by atoms with Gasteiger partial charge >= 0.3 is 0 Å². The van der Waals surface area contributed by atoms with Gasteiger partial charge in [0.2, 0.25) is 15.9 Å². The summed E-state index contributed by atoms with van der Waals surface area (Å²) < 4.78 is 24.3. The van der Waals surface area contributed by atoms with Gasteiger partial charge in [-0.3, -0.25) is 4.79 Å². The molecule has 1 aliphatic rings. The second kappa shape index (κ2) is 7.42. The van der Waals surface area contributed by atoms with Crippen LogP contribution in [-0.2, 0) is 14.8 Å². The van der Waals surface area contributed by atoms with E-state index in [9.17, 15) is 13.2 Å². The van der Waals surface area contributed by atoms with E-state index in [1.165, 1.54) is 7.05 Å². The standard InChI is InChI=1S/C11H23N3O3S.ClH/c1-5-18(16,17)13(4)8-11(15)14-7-6-12-9(2)10(14)3;/h9-10,12H,5-8H2,1-4H3;1H. The largest absolute Gasteiger partial charge is 0.336 e. The molecule has 2 atom stereocenters. The van der Waals surface area contributed by atoms with E-state index in [0.717, 1.165) is 10.8 Å². The van der Waals surface area contributed by atoms with Crippen LogP contribution in [0.3, 0.4) is 0 Å². The Balaban J connectivity index is 0.00000324. The zero-order chi connectivity index (χ0) is 13.9. The Morgan fingerprint density at radius 2 is 2.00 bits per heavy atom. The van der Waals surface area contributed by atoms with Gasteiger partial charge in [-0.05, 0) is 20.8 Å². The topological polar surface area (TPSA) is 69.7 Å². The number of nitrogens with one attached hydrogen (secondary N) is 1. The highest BCUT2D eigenvalue weighted by molar-refractivity contribution is 7.89. The minimum absolute atomic E-state index is 0. The SMILES string of the molecule is CCS(=O)(=O)N(C)CC(=O)N1CCNC(C)C1C.Cl. The summed E-state index contributed by atoms with van der Waals surface area (Å²) in [6, 6.07) is 0.319. The molecule has 1 aliphatic heterocycles. The lowest BCUT2D eigenvalue weighted by Crippen LogP contribution is -2.58. The second-order valence-electron chi connectivity index (χ2n) is 4.73. The van der Waals surface area contributed by atoms with E-state index in [0.29, 0.717) is 6.54 Å². The molecule has 0 aromatic heterocycles. The maximum Gasteiger partial charge on any atom is 0.238 e. The molecule has 0 bridgehead atoms. The van der Waals surface area contributed by atoms with Gasteiger partial charge in [-0.2, -0.15) is 4.31 Å². The first-order valence-electron chi connectivity index (χ1n) is 6.26. The van der Waals surface area contributed by atoms with E-state index < -0.39 is 10.0 Å². The minimum atomic E-state index is -3.29. The summed E-state index contributed by atoms with van der Waals surface area (Å²) in [5, 5.41) is 3.29. The fraction of sp³-hybridized carbons (Fsp3) is 0.909. The number of carbonyl (C=O) groups excluding carboxylic acids is 1. The van der Waals surface area contributed by atoms with Crippen molar-refractivity contribution in [2.24, 2.45) is 0 Å². The molecule has 0 aromatic carbocycles. The fourth-order valence-electron chi connectivity index (χ4n) is 2.01. The number of nitrogens with zero attached hydrogens (tertiary/aromatic N) is 2. The Morgan fingerprint density at radius 1 is 1.42 bits per heavy atom. The van der Waals surface area contributed by atoms with Gasteiger partial charge in [0.25, 0.3) is 0 Å². The highest BCUT2D eigenvalue weighted by atomic mass is 35.5. The maximum absolute atomic E-state index is 12.1. The lowest BCUT2D eigenvalue weighted by Gasteiger charge is -2.39. The lowest BCUT2D eigenvalue weighted by molar-refractivity contribution is -0.134. The van der Waals surface area contributed by atoms with Gasteiger partial charge in [-0.1, -0.05) is 0 Å². The number of halogens is 1. The number of piperazine rings is 1. The van der Waals surface area contributed by atoms with Gasteiger partial charge in [-0.25, -0.2) is 8.42 Å². The number of hydrogen-bond acceptors (Lipinski definition) is 4. The summed E-state index contributed by atoms with van der Waals surface area (Å²) in [7, 11) is -1.84. The van der Waals surface area contributed by atoms with Crippen molar-refractivity contribution in [2.45, 2.75) is 32.9 Å². The van der Waals surface area contributed by atoms with Gasteiger partial charge in [-0.15, -0.1) is 12.4 Å².